The van der Waals surface area contributed by atoms with Crippen LogP contribution in [-0.2, 0) is 0 Å². The number of fused-ring (bicyclic) bond motifs is 7. The normalized spacial score (nSPS) is 11.4. The van der Waals surface area contributed by atoms with Crippen LogP contribution < -0.4 is 0 Å². The van der Waals surface area contributed by atoms with Crippen molar-refractivity contribution in [2.45, 2.75) is 13.8 Å². The van der Waals surface area contributed by atoms with E-state index in [4.69, 9.17) is 19.4 Å². The summed E-state index contributed by atoms with van der Waals surface area (Å²) in [6.07, 6.45) is 0. The first-order valence-corrected chi connectivity index (χ1v) is 17.0. The molecule has 10 rings (SSSR count). The van der Waals surface area contributed by atoms with Crippen LogP contribution in [0.1, 0.15) is 13.8 Å². The van der Waals surface area contributed by atoms with E-state index in [0.717, 1.165) is 71.4 Å². The predicted molar refractivity (Wildman–Crippen MR) is 207 cm³/mol. The molecule has 0 unspecified atom stereocenters. The Morgan fingerprint density at radius 3 is 1.72 bits per heavy atom. The van der Waals surface area contributed by atoms with Crippen LogP contribution in [0.4, 0.5) is 0 Å². The Bertz CT molecular complexity index is 2780. The summed E-state index contributed by atoms with van der Waals surface area (Å²) in [5.41, 5.74) is 7.69. The molecule has 0 radical (unpaired) electrons. The average molecular weight is 645 g/mol. The molecule has 0 saturated carbocycles. The van der Waals surface area contributed by atoms with Gasteiger partial charge in [0.1, 0.15) is 11.2 Å². The van der Waals surface area contributed by atoms with Gasteiger partial charge >= 0.3 is 0 Å². The average Bonchev–Trinajstić information content (AvgIpc) is 3.74. The van der Waals surface area contributed by atoms with E-state index in [1.807, 2.05) is 86.6 Å². The zero-order chi connectivity index (χ0) is 33.6. The molecule has 3 heterocycles. The van der Waals surface area contributed by atoms with E-state index in [2.05, 4.69) is 89.5 Å². The largest absolute Gasteiger partial charge is 0.455 e. The summed E-state index contributed by atoms with van der Waals surface area (Å²) >= 11 is 0. The first kappa shape index (κ1) is 29.5. The maximum Gasteiger partial charge on any atom is 0.238 e. The zero-order valence-electron chi connectivity index (χ0n) is 27.7. The molecule has 50 heavy (non-hydrogen) atoms. The highest BCUT2D eigenvalue weighted by Gasteiger charge is 2.22. The van der Waals surface area contributed by atoms with Gasteiger partial charge in [-0.05, 0) is 29.0 Å². The molecule has 0 aliphatic carbocycles. The molecule has 0 aliphatic rings. The van der Waals surface area contributed by atoms with Gasteiger partial charge in [-0.3, -0.25) is 4.57 Å². The van der Waals surface area contributed by atoms with Crippen LogP contribution in [-0.4, -0.2) is 19.5 Å². The Kier molecular flexibility index (Phi) is 7.17. The number of benzene rings is 7. The first-order chi connectivity index (χ1) is 24.8. The van der Waals surface area contributed by atoms with Crippen LogP contribution in [0.2, 0.25) is 0 Å². The fourth-order valence-electron chi connectivity index (χ4n) is 7.03. The minimum atomic E-state index is 0.558. The molecule has 10 aromatic rings. The van der Waals surface area contributed by atoms with Crippen molar-refractivity contribution in [3.05, 3.63) is 158 Å². The molecule has 5 nitrogen and oxygen atoms in total. The number of aromatic nitrogens is 4. The van der Waals surface area contributed by atoms with Crippen LogP contribution in [0.3, 0.4) is 0 Å². The molecule has 0 aliphatic heterocycles. The Morgan fingerprint density at radius 2 is 1.02 bits per heavy atom. The van der Waals surface area contributed by atoms with Crippen molar-refractivity contribution in [3.63, 3.8) is 0 Å². The van der Waals surface area contributed by atoms with Gasteiger partial charge in [-0.15, -0.1) is 0 Å². The van der Waals surface area contributed by atoms with Gasteiger partial charge in [0.05, 0.1) is 11.0 Å². The summed E-state index contributed by atoms with van der Waals surface area (Å²) in [5, 5.41) is 6.77. The fourth-order valence-corrected chi connectivity index (χ4v) is 7.03. The van der Waals surface area contributed by atoms with E-state index in [-0.39, 0.29) is 0 Å². The van der Waals surface area contributed by atoms with Crippen LogP contribution in [0.5, 0.6) is 0 Å². The van der Waals surface area contributed by atoms with Gasteiger partial charge in [-0.2, -0.15) is 9.97 Å². The molecule has 0 fully saturated rings. The van der Waals surface area contributed by atoms with E-state index in [9.17, 15) is 0 Å². The summed E-state index contributed by atoms with van der Waals surface area (Å²) in [4.78, 5) is 15.4. The number of hydrogen-bond acceptors (Lipinski definition) is 4. The molecule has 0 amide bonds. The van der Waals surface area contributed by atoms with Crippen LogP contribution in [0, 0.1) is 0 Å². The Hall–Kier alpha value is -6.59. The second kappa shape index (κ2) is 12.1. The van der Waals surface area contributed by atoms with Crippen LogP contribution in [0.15, 0.2) is 162 Å². The number of para-hydroxylation sites is 3. The Morgan fingerprint density at radius 1 is 0.460 bits per heavy atom. The predicted octanol–water partition coefficient (Wildman–Crippen LogP) is 12.0. The number of nitrogens with zero attached hydrogens (tertiary/aromatic N) is 4. The third-order valence-electron chi connectivity index (χ3n) is 9.24. The molecule has 7 aromatic carbocycles. The molecular weight excluding hydrogens is 613 g/mol. The summed E-state index contributed by atoms with van der Waals surface area (Å²) in [6.45, 7) is 4.00. The molecule has 238 valence electrons. The summed E-state index contributed by atoms with van der Waals surface area (Å²) < 4.78 is 8.79. The van der Waals surface area contributed by atoms with Gasteiger partial charge in [0.2, 0.25) is 5.95 Å². The topological polar surface area (TPSA) is 56.7 Å². The molecule has 0 atom stereocenters. The Balaban J connectivity index is 0.00000165. The first-order valence-electron chi connectivity index (χ1n) is 17.0. The highest BCUT2D eigenvalue weighted by molar-refractivity contribution is 6.19. The third-order valence-corrected chi connectivity index (χ3v) is 9.24. The van der Waals surface area contributed by atoms with Gasteiger partial charge < -0.3 is 4.42 Å². The molecule has 5 heteroatoms. The lowest BCUT2D eigenvalue weighted by Gasteiger charge is -2.13. The molecule has 0 N–H and O–H groups in total. The lowest BCUT2D eigenvalue weighted by atomic mass is 9.99. The van der Waals surface area contributed by atoms with Crippen molar-refractivity contribution in [2.24, 2.45) is 0 Å². The summed E-state index contributed by atoms with van der Waals surface area (Å²) in [7, 11) is 0. The van der Waals surface area contributed by atoms with Gasteiger partial charge in [0.15, 0.2) is 11.6 Å². The van der Waals surface area contributed by atoms with Crippen molar-refractivity contribution in [2.75, 3.05) is 0 Å². The molecular formula is C45H32N4O. The molecule has 3 aromatic heterocycles. The number of hydrogen-bond donors (Lipinski definition) is 0. The lowest BCUT2D eigenvalue weighted by molar-refractivity contribution is 0.670. The highest BCUT2D eigenvalue weighted by Crippen LogP contribution is 2.43. The summed E-state index contributed by atoms with van der Waals surface area (Å²) in [5.74, 6) is 1.79. The number of furan rings is 1. The molecule has 0 saturated heterocycles. The van der Waals surface area contributed by atoms with E-state index in [0.29, 0.717) is 17.6 Å². The second-order valence-electron chi connectivity index (χ2n) is 12.0. The van der Waals surface area contributed by atoms with E-state index in [1.54, 1.807) is 0 Å². The summed E-state index contributed by atoms with van der Waals surface area (Å²) in [6, 6.07) is 54.4. The molecule has 0 spiro atoms. The van der Waals surface area contributed by atoms with Crippen molar-refractivity contribution >= 4 is 54.5 Å². The van der Waals surface area contributed by atoms with Gasteiger partial charge in [0.25, 0.3) is 0 Å². The maximum atomic E-state index is 6.57. The zero-order valence-corrected chi connectivity index (χ0v) is 27.7. The lowest BCUT2D eigenvalue weighted by Crippen LogP contribution is -2.07. The van der Waals surface area contributed by atoms with Gasteiger partial charge in [-0.1, -0.05) is 153 Å². The van der Waals surface area contributed by atoms with E-state index < -0.39 is 0 Å². The monoisotopic (exact) mass is 644 g/mol. The maximum absolute atomic E-state index is 6.57. The quantitative estimate of drug-likeness (QED) is 0.191. The van der Waals surface area contributed by atoms with Gasteiger partial charge in [-0.25, -0.2) is 4.98 Å². The minimum absolute atomic E-state index is 0.558. The van der Waals surface area contributed by atoms with Crippen molar-refractivity contribution in [1.29, 1.82) is 0 Å². The van der Waals surface area contributed by atoms with Gasteiger partial charge in [0, 0.05) is 43.8 Å². The smallest absolute Gasteiger partial charge is 0.238 e. The fraction of sp³-hybridized carbons (Fsp3) is 0.0444. The van der Waals surface area contributed by atoms with Crippen molar-refractivity contribution in [3.8, 4) is 39.9 Å². The highest BCUT2D eigenvalue weighted by atomic mass is 16.3. The van der Waals surface area contributed by atoms with Crippen molar-refractivity contribution < 1.29 is 4.42 Å². The minimum Gasteiger partial charge on any atom is -0.455 e. The van der Waals surface area contributed by atoms with E-state index in [1.165, 1.54) is 5.39 Å². The molecule has 0 bridgehead atoms. The SMILES string of the molecule is CC.c1ccc(-c2nc(-c3ccccc3)nc(-n3c4cc5ccccc5cc4c4cccc(-c5cccc6c5oc5ccccc56)c43)n2)cc1. The Labute approximate surface area is 289 Å². The van der Waals surface area contributed by atoms with E-state index >= 15 is 0 Å². The van der Waals surface area contributed by atoms with Crippen LogP contribution >= 0.6 is 0 Å². The van der Waals surface area contributed by atoms with Crippen molar-refractivity contribution in [1.82, 2.24) is 19.5 Å². The third kappa shape index (κ3) is 4.74. The standard InChI is InChI=1S/C43H26N4O.C2H6/c1-3-13-27(14-4-1)41-44-42(28-15-5-2-6-16-28)46-43(45-41)47-37-26-30-18-8-7-17-29(30)25-36(37)33-21-11-20-32(39(33)47)35-23-12-22-34-31-19-9-10-24-38(31)48-40(34)35;1-2/h1-26H;1-2H3. The van der Waals surface area contributed by atoms with Crippen LogP contribution in [0.25, 0.3) is 94.4 Å². The second-order valence-corrected chi connectivity index (χ2v) is 12.0. The number of rotatable bonds is 4.